The molecule has 0 aromatic rings. The van der Waals surface area contributed by atoms with Gasteiger partial charge in [0.25, 0.3) is 0 Å². The molecule has 1 aliphatic carbocycles. The van der Waals surface area contributed by atoms with Gasteiger partial charge in [-0.2, -0.15) is 0 Å². The molecule has 2 nitrogen and oxygen atoms in total. The molecule has 0 spiro atoms. The Morgan fingerprint density at radius 1 is 1.24 bits per heavy atom. The van der Waals surface area contributed by atoms with Crippen LogP contribution in [0.2, 0.25) is 0 Å². The molecule has 17 heavy (non-hydrogen) atoms. The van der Waals surface area contributed by atoms with Gasteiger partial charge in [0.05, 0.1) is 5.92 Å². The van der Waals surface area contributed by atoms with Crippen LogP contribution in [0.3, 0.4) is 0 Å². The van der Waals surface area contributed by atoms with Crippen molar-refractivity contribution >= 4 is 5.91 Å². The average Bonchev–Trinajstić information content (AvgIpc) is 2.39. The molecule has 1 saturated carbocycles. The predicted molar refractivity (Wildman–Crippen MR) is 72.6 cm³/mol. The highest BCUT2D eigenvalue weighted by molar-refractivity contribution is 5.89. The number of hydrogen-bond donors (Lipinski definition) is 1. The highest BCUT2D eigenvalue weighted by Crippen LogP contribution is 2.25. The summed E-state index contributed by atoms with van der Waals surface area (Å²) in [4.78, 5) is 11.9. The Labute approximate surface area is 107 Å². The Kier molecular flexibility index (Phi) is 7.30. The van der Waals surface area contributed by atoms with Crippen LogP contribution < -0.4 is 5.32 Å². The third-order valence-corrected chi connectivity index (χ3v) is 3.87. The van der Waals surface area contributed by atoms with Gasteiger partial charge in [-0.3, -0.25) is 4.79 Å². The summed E-state index contributed by atoms with van der Waals surface area (Å²) >= 11 is 0. The molecule has 1 unspecified atom stereocenters. The van der Waals surface area contributed by atoms with Gasteiger partial charge in [-0.05, 0) is 25.2 Å². The SMILES string of the molecule is CCCCC(CC)CNC(=O)[C]1CCCCC1. The van der Waals surface area contributed by atoms with E-state index in [0.717, 1.165) is 25.3 Å². The number of carbonyl (C=O) groups is 1. The summed E-state index contributed by atoms with van der Waals surface area (Å²) in [6.07, 6.45) is 10.7. The zero-order valence-electron chi connectivity index (χ0n) is 11.6. The van der Waals surface area contributed by atoms with E-state index in [9.17, 15) is 4.79 Å². The second-order valence-corrected chi connectivity index (χ2v) is 5.29. The van der Waals surface area contributed by atoms with Crippen LogP contribution in [0, 0.1) is 11.8 Å². The van der Waals surface area contributed by atoms with Crippen molar-refractivity contribution in [3.63, 3.8) is 0 Å². The van der Waals surface area contributed by atoms with Gasteiger partial charge in [0.1, 0.15) is 0 Å². The zero-order chi connectivity index (χ0) is 12.5. The molecule has 0 bridgehead atoms. The van der Waals surface area contributed by atoms with Crippen LogP contribution in [-0.2, 0) is 4.79 Å². The summed E-state index contributed by atoms with van der Waals surface area (Å²) in [6, 6.07) is 0. The maximum Gasteiger partial charge on any atom is 0.227 e. The van der Waals surface area contributed by atoms with Gasteiger partial charge in [-0.1, -0.05) is 52.4 Å². The molecule has 0 aromatic carbocycles. The minimum Gasteiger partial charge on any atom is -0.355 e. The minimum absolute atomic E-state index is 0.236. The van der Waals surface area contributed by atoms with Crippen molar-refractivity contribution in [2.24, 2.45) is 5.92 Å². The van der Waals surface area contributed by atoms with Crippen molar-refractivity contribution in [2.45, 2.75) is 71.6 Å². The molecule has 0 aromatic heterocycles. The lowest BCUT2D eigenvalue weighted by atomic mass is 9.88. The molecule has 1 N–H and O–H groups in total. The number of nitrogens with one attached hydrogen (secondary N) is 1. The first-order valence-corrected chi connectivity index (χ1v) is 7.40. The monoisotopic (exact) mass is 238 g/mol. The van der Waals surface area contributed by atoms with Crippen LogP contribution in [-0.4, -0.2) is 12.5 Å². The van der Waals surface area contributed by atoms with Crippen LogP contribution >= 0.6 is 0 Å². The second-order valence-electron chi connectivity index (χ2n) is 5.29. The Hall–Kier alpha value is -0.530. The van der Waals surface area contributed by atoms with E-state index in [4.69, 9.17) is 0 Å². The molecule has 0 aliphatic heterocycles. The van der Waals surface area contributed by atoms with Crippen LogP contribution in [0.15, 0.2) is 0 Å². The number of amides is 1. The molecule has 1 radical (unpaired) electrons. The number of unbranched alkanes of at least 4 members (excludes halogenated alkanes) is 1. The van der Waals surface area contributed by atoms with Gasteiger partial charge < -0.3 is 5.32 Å². The van der Waals surface area contributed by atoms with Gasteiger partial charge >= 0.3 is 0 Å². The van der Waals surface area contributed by atoms with Gasteiger partial charge in [0, 0.05) is 6.54 Å². The summed E-state index contributed by atoms with van der Waals surface area (Å²) in [6.45, 7) is 5.32. The van der Waals surface area contributed by atoms with E-state index in [2.05, 4.69) is 19.2 Å². The molecule has 1 rings (SSSR count). The number of carbonyl (C=O) groups excluding carboxylic acids is 1. The first kappa shape index (κ1) is 14.5. The van der Waals surface area contributed by atoms with E-state index in [1.165, 1.54) is 44.9 Å². The van der Waals surface area contributed by atoms with E-state index in [1.54, 1.807) is 0 Å². The zero-order valence-corrected chi connectivity index (χ0v) is 11.6. The van der Waals surface area contributed by atoms with Crippen LogP contribution in [0.5, 0.6) is 0 Å². The smallest absolute Gasteiger partial charge is 0.227 e. The normalized spacial score (nSPS) is 18.9. The van der Waals surface area contributed by atoms with Gasteiger partial charge in [-0.25, -0.2) is 0 Å². The Morgan fingerprint density at radius 2 is 1.94 bits per heavy atom. The lowest BCUT2D eigenvalue weighted by Crippen LogP contribution is -2.34. The maximum absolute atomic E-state index is 11.9. The van der Waals surface area contributed by atoms with Crippen molar-refractivity contribution in [1.29, 1.82) is 0 Å². The summed E-state index contributed by atoms with van der Waals surface area (Å²) in [5.74, 6) is 2.05. The molecule has 1 atom stereocenters. The van der Waals surface area contributed by atoms with Gasteiger partial charge in [-0.15, -0.1) is 0 Å². The highest BCUT2D eigenvalue weighted by atomic mass is 16.1. The van der Waals surface area contributed by atoms with Crippen molar-refractivity contribution in [3.05, 3.63) is 5.92 Å². The molecule has 0 heterocycles. The maximum atomic E-state index is 11.9. The Morgan fingerprint density at radius 3 is 2.53 bits per heavy atom. The van der Waals surface area contributed by atoms with E-state index < -0.39 is 0 Å². The number of rotatable bonds is 7. The van der Waals surface area contributed by atoms with Crippen LogP contribution in [0.4, 0.5) is 0 Å². The molecular weight excluding hydrogens is 210 g/mol. The summed E-state index contributed by atoms with van der Waals surface area (Å²) in [7, 11) is 0. The third kappa shape index (κ3) is 5.56. The average molecular weight is 238 g/mol. The topological polar surface area (TPSA) is 29.1 Å². The lowest BCUT2D eigenvalue weighted by Gasteiger charge is -2.22. The molecule has 1 aliphatic rings. The largest absolute Gasteiger partial charge is 0.355 e. The molecule has 1 fully saturated rings. The lowest BCUT2D eigenvalue weighted by molar-refractivity contribution is -0.120. The Balaban J connectivity index is 2.20. The quantitative estimate of drug-likeness (QED) is 0.717. The number of hydrogen-bond acceptors (Lipinski definition) is 1. The standard InChI is InChI=1S/C15H28NO/c1-3-5-9-13(4-2)12-16-15(17)14-10-7-6-8-11-14/h13H,3-12H2,1-2H3,(H,16,17). The van der Waals surface area contributed by atoms with Crippen LogP contribution in [0.25, 0.3) is 0 Å². The minimum atomic E-state index is 0.236. The van der Waals surface area contributed by atoms with Gasteiger partial charge in [0.15, 0.2) is 0 Å². The van der Waals surface area contributed by atoms with E-state index >= 15 is 0 Å². The first-order valence-electron chi connectivity index (χ1n) is 7.40. The molecule has 99 valence electrons. The van der Waals surface area contributed by atoms with Gasteiger partial charge in [0.2, 0.25) is 5.91 Å². The fourth-order valence-corrected chi connectivity index (χ4v) is 2.51. The molecular formula is C15H28NO. The highest BCUT2D eigenvalue weighted by Gasteiger charge is 2.22. The molecule has 2 heteroatoms. The first-order chi connectivity index (χ1) is 8.27. The van der Waals surface area contributed by atoms with E-state index in [-0.39, 0.29) is 5.91 Å². The fourth-order valence-electron chi connectivity index (χ4n) is 2.51. The second kappa shape index (κ2) is 8.54. The van der Waals surface area contributed by atoms with Crippen LogP contribution in [0.1, 0.15) is 71.6 Å². The Bertz CT molecular complexity index is 209. The molecule has 1 amide bonds. The fraction of sp³-hybridized carbons (Fsp3) is 0.867. The third-order valence-electron chi connectivity index (χ3n) is 3.87. The van der Waals surface area contributed by atoms with Crippen molar-refractivity contribution in [2.75, 3.05) is 6.54 Å². The summed E-state index contributed by atoms with van der Waals surface area (Å²) in [5, 5.41) is 3.14. The van der Waals surface area contributed by atoms with E-state index in [0.29, 0.717) is 5.92 Å². The van der Waals surface area contributed by atoms with Crippen molar-refractivity contribution in [1.82, 2.24) is 5.32 Å². The summed E-state index contributed by atoms with van der Waals surface area (Å²) < 4.78 is 0. The van der Waals surface area contributed by atoms with Crippen molar-refractivity contribution < 1.29 is 4.79 Å². The molecule has 0 saturated heterocycles. The predicted octanol–water partition coefficient (Wildman–Crippen LogP) is 3.86. The summed E-state index contributed by atoms with van der Waals surface area (Å²) in [5.41, 5.74) is 0. The van der Waals surface area contributed by atoms with Crippen molar-refractivity contribution in [3.8, 4) is 0 Å². The van der Waals surface area contributed by atoms with E-state index in [1.807, 2.05) is 0 Å².